The first-order chi connectivity index (χ1) is 6.36. The Labute approximate surface area is 87.4 Å². The summed E-state index contributed by atoms with van der Waals surface area (Å²) in [5.41, 5.74) is 2.46. The number of aliphatic hydroxyl groups excluding tert-OH is 1. The fourth-order valence-corrected chi connectivity index (χ4v) is 1.90. The number of rotatable bonds is 4. The third-order valence-electron chi connectivity index (χ3n) is 1.52. The van der Waals surface area contributed by atoms with Crippen molar-refractivity contribution in [3.8, 4) is 0 Å². The molecule has 0 amide bonds. The SMILES string of the molecule is OCc1cccc(SCC=CCl)c1. The minimum Gasteiger partial charge on any atom is -0.392 e. The van der Waals surface area contributed by atoms with Crippen LogP contribution in [-0.2, 0) is 6.61 Å². The second kappa shape index (κ2) is 6.08. The van der Waals surface area contributed by atoms with E-state index in [1.54, 1.807) is 11.8 Å². The van der Waals surface area contributed by atoms with Gasteiger partial charge in [0.05, 0.1) is 6.61 Å². The van der Waals surface area contributed by atoms with Crippen molar-refractivity contribution < 1.29 is 5.11 Å². The number of halogens is 1. The molecule has 0 saturated carbocycles. The van der Waals surface area contributed by atoms with E-state index >= 15 is 0 Å². The lowest BCUT2D eigenvalue weighted by molar-refractivity contribution is 0.281. The highest BCUT2D eigenvalue weighted by Crippen LogP contribution is 2.19. The maximum atomic E-state index is 8.89. The molecule has 0 spiro atoms. The van der Waals surface area contributed by atoms with Crippen molar-refractivity contribution >= 4 is 23.4 Å². The molecule has 0 radical (unpaired) electrons. The zero-order valence-electron chi connectivity index (χ0n) is 7.11. The molecule has 70 valence electrons. The van der Waals surface area contributed by atoms with Gasteiger partial charge in [0.15, 0.2) is 0 Å². The second-order valence-electron chi connectivity index (χ2n) is 2.48. The van der Waals surface area contributed by atoms with Gasteiger partial charge in [0, 0.05) is 16.2 Å². The van der Waals surface area contributed by atoms with E-state index < -0.39 is 0 Å². The first-order valence-electron chi connectivity index (χ1n) is 3.94. The van der Waals surface area contributed by atoms with Crippen molar-refractivity contribution in [2.75, 3.05) is 5.75 Å². The zero-order chi connectivity index (χ0) is 9.52. The number of hydrogen-bond acceptors (Lipinski definition) is 2. The van der Waals surface area contributed by atoms with E-state index in [2.05, 4.69) is 0 Å². The topological polar surface area (TPSA) is 20.2 Å². The Kier molecular flexibility index (Phi) is 4.98. The molecule has 0 fully saturated rings. The maximum absolute atomic E-state index is 8.89. The molecule has 0 atom stereocenters. The summed E-state index contributed by atoms with van der Waals surface area (Å²) in [5, 5.41) is 8.89. The van der Waals surface area contributed by atoms with Crippen LogP contribution < -0.4 is 0 Å². The Balaban J connectivity index is 2.56. The van der Waals surface area contributed by atoms with Gasteiger partial charge in [-0.15, -0.1) is 11.8 Å². The largest absolute Gasteiger partial charge is 0.392 e. The van der Waals surface area contributed by atoms with Crippen LogP contribution >= 0.6 is 23.4 Å². The lowest BCUT2D eigenvalue weighted by atomic mass is 10.2. The summed E-state index contributed by atoms with van der Waals surface area (Å²) in [4.78, 5) is 1.15. The predicted molar refractivity (Wildman–Crippen MR) is 58.1 cm³/mol. The summed E-state index contributed by atoms with van der Waals surface area (Å²) in [6.45, 7) is 0.0970. The van der Waals surface area contributed by atoms with Gasteiger partial charge in [0.1, 0.15) is 0 Å². The predicted octanol–water partition coefficient (Wildman–Crippen LogP) is 3.02. The molecule has 0 bridgehead atoms. The quantitative estimate of drug-likeness (QED) is 0.778. The van der Waals surface area contributed by atoms with E-state index in [1.165, 1.54) is 5.54 Å². The van der Waals surface area contributed by atoms with Crippen LogP contribution in [0.1, 0.15) is 5.56 Å². The van der Waals surface area contributed by atoms with Crippen LogP contribution in [-0.4, -0.2) is 10.9 Å². The molecule has 0 unspecified atom stereocenters. The van der Waals surface area contributed by atoms with Crippen LogP contribution in [0.5, 0.6) is 0 Å². The van der Waals surface area contributed by atoms with Crippen molar-refractivity contribution in [1.29, 1.82) is 0 Å². The molecule has 1 aromatic rings. The highest BCUT2D eigenvalue weighted by Gasteiger charge is 1.93. The number of benzene rings is 1. The summed E-state index contributed by atoms with van der Waals surface area (Å²) in [5.74, 6) is 0.860. The molecular weight excluding hydrogens is 204 g/mol. The van der Waals surface area contributed by atoms with Crippen molar-refractivity contribution in [3.63, 3.8) is 0 Å². The molecule has 0 aromatic heterocycles. The normalized spacial score (nSPS) is 10.9. The highest BCUT2D eigenvalue weighted by atomic mass is 35.5. The van der Waals surface area contributed by atoms with Gasteiger partial charge in [-0.1, -0.05) is 29.8 Å². The molecule has 13 heavy (non-hydrogen) atoms. The van der Waals surface area contributed by atoms with E-state index in [4.69, 9.17) is 16.7 Å². The molecule has 0 saturated heterocycles. The fraction of sp³-hybridized carbons (Fsp3) is 0.200. The number of thioether (sulfide) groups is 1. The zero-order valence-corrected chi connectivity index (χ0v) is 8.68. The molecule has 1 nitrogen and oxygen atoms in total. The Morgan fingerprint density at radius 2 is 2.31 bits per heavy atom. The maximum Gasteiger partial charge on any atom is 0.0682 e. The van der Waals surface area contributed by atoms with E-state index in [-0.39, 0.29) is 6.61 Å². The van der Waals surface area contributed by atoms with Gasteiger partial charge in [0.25, 0.3) is 0 Å². The molecular formula is C10H11ClOS. The summed E-state index contributed by atoms with van der Waals surface area (Å²) in [6, 6.07) is 7.85. The van der Waals surface area contributed by atoms with E-state index in [9.17, 15) is 0 Å². The van der Waals surface area contributed by atoms with Crippen LogP contribution in [0.3, 0.4) is 0 Å². The summed E-state index contributed by atoms with van der Waals surface area (Å²) in [6.07, 6.45) is 1.89. The van der Waals surface area contributed by atoms with Gasteiger partial charge < -0.3 is 5.11 Å². The fourth-order valence-electron chi connectivity index (χ4n) is 0.914. The van der Waals surface area contributed by atoms with Crippen LogP contribution in [0.4, 0.5) is 0 Å². The molecule has 0 heterocycles. The summed E-state index contributed by atoms with van der Waals surface area (Å²) >= 11 is 7.08. The smallest absolute Gasteiger partial charge is 0.0682 e. The highest BCUT2D eigenvalue weighted by molar-refractivity contribution is 7.99. The van der Waals surface area contributed by atoms with E-state index in [0.29, 0.717) is 0 Å². The van der Waals surface area contributed by atoms with Crippen LogP contribution in [0, 0.1) is 0 Å². The van der Waals surface area contributed by atoms with Gasteiger partial charge >= 0.3 is 0 Å². The van der Waals surface area contributed by atoms with Crippen LogP contribution in [0.2, 0.25) is 0 Å². The average molecular weight is 215 g/mol. The lowest BCUT2D eigenvalue weighted by Crippen LogP contribution is -1.82. The van der Waals surface area contributed by atoms with Gasteiger partial charge in [0.2, 0.25) is 0 Å². The van der Waals surface area contributed by atoms with Crippen molar-refractivity contribution in [3.05, 3.63) is 41.4 Å². The lowest BCUT2D eigenvalue weighted by Gasteiger charge is -2.00. The summed E-state index contributed by atoms with van der Waals surface area (Å²) in [7, 11) is 0. The molecule has 0 aliphatic rings. The van der Waals surface area contributed by atoms with Gasteiger partial charge in [-0.2, -0.15) is 0 Å². The van der Waals surface area contributed by atoms with E-state index in [0.717, 1.165) is 16.2 Å². The molecule has 1 N–H and O–H groups in total. The van der Waals surface area contributed by atoms with E-state index in [1.807, 2.05) is 30.3 Å². The number of hydrogen-bond donors (Lipinski definition) is 1. The van der Waals surface area contributed by atoms with Crippen LogP contribution in [0.25, 0.3) is 0 Å². The Bertz CT molecular complexity index is 286. The molecule has 3 heteroatoms. The standard InChI is InChI=1S/C10H11ClOS/c11-5-2-6-13-10-4-1-3-9(7-10)8-12/h1-5,7,12H,6,8H2. The monoisotopic (exact) mass is 214 g/mol. The van der Waals surface area contributed by atoms with Crippen molar-refractivity contribution in [1.82, 2.24) is 0 Å². The van der Waals surface area contributed by atoms with Gasteiger partial charge in [-0.3, -0.25) is 0 Å². The molecule has 0 aliphatic heterocycles. The molecule has 1 rings (SSSR count). The second-order valence-corrected chi connectivity index (χ2v) is 3.82. The first kappa shape index (κ1) is 10.6. The Morgan fingerprint density at radius 1 is 1.46 bits per heavy atom. The van der Waals surface area contributed by atoms with Gasteiger partial charge in [-0.25, -0.2) is 0 Å². The van der Waals surface area contributed by atoms with Crippen molar-refractivity contribution in [2.24, 2.45) is 0 Å². The third-order valence-corrected chi connectivity index (χ3v) is 2.64. The molecule has 1 aromatic carbocycles. The number of aliphatic hydroxyl groups is 1. The first-order valence-corrected chi connectivity index (χ1v) is 5.37. The Morgan fingerprint density at radius 3 is 3.00 bits per heavy atom. The summed E-state index contributed by atoms with van der Waals surface area (Å²) < 4.78 is 0. The minimum atomic E-state index is 0.0970. The Hall–Kier alpha value is -0.440. The van der Waals surface area contributed by atoms with Crippen molar-refractivity contribution in [2.45, 2.75) is 11.5 Å². The van der Waals surface area contributed by atoms with Gasteiger partial charge in [-0.05, 0) is 17.7 Å². The molecule has 0 aliphatic carbocycles. The average Bonchev–Trinajstić information content (AvgIpc) is 2.19. The minimum absolute atomic E-state index is 0.0970. The third kappa shape index (κ3) is 3.85. The van der Waals surface area contributed by atoms with Crippen LogP contribution in [0.15, 0.2) is 40.8 Å².